The first kappa shape index (κ1) is 12.9. The van der Waals surface area contributed by atoms with Gasteiger partial charge in [0, 0.05) is 18.7 Å². The van der Waals surface area contributed by atoms with E-state index in [0.717, 1.165) is 33.7 Å². The molecule has 2 aromatic heterocycles. The van der Waals surface area contributed by atoms with Crippen molar-refractivity contribution in [2.45, 2.75) is 18.5 Å². The van der Waals surface area contributed by atoms with Gasteiger partial charge < -0.3 is 4.57 Å². The van der Waals surface area contributed by atoms with Crippen LogP contribution in [-0.4, -0.2) is 31.4 Å². The first-order valence-electron chi connectivity index (χ1n) is 5.22. The van der Waals surface area contributed by atoms with Crippen LogP contribution in [0.1, 0.15) is 12.1 Å². The van der Waals surface area contributed by atoms with Crippen LogP contribution in [0.5, 0.6) is 0 Å². The van der Waals surface area contributed by atoms with E-state index in [0.29, 0.717) is 5.88 Å². The van der Waals surface area contributed by atoms with E-state index in [1.54, 1.807) is 23.1 Å². The molecule has 0 fully saturated rings. The summed E-state index contributed by atoms with van der Waals surface area (Å²) >= 11 is 8.93. The van der Waals surface area contributed by atoms with Gasteiger partial charge in [-0.15, -0.1) is 33.1 Å². The number of thioether (sulfide) groups is 1. The Morgan fingerprint density at radius 3 is 2.94 bits per heavy atom. The van der Waals surface area contributed by atoms with E-state index in [1.807, 2.05) is 24.0 Å². The molecule has 92 valence electrons. The van der Waals surface area contributed by atoms with Gasteiger partial charge in [0.2, 0.25) is 0 Å². The number of nitrogens with zero attached hydrogens (tertiary/aromatic N) is 4. The Balaban J connectivity index is 2.18. The molecule has 0 aliphatic carbocycles. The second-order valence-electron chi connectivity index (χ2n) is 3.52. The van der Waals surface area contributed by atoms with Crippen molar-refractivity contribution in [3.05, 3.63) is 11.2 Å². The summed E-state index contributed by atoms with van der Waals surface area (Å²) < 4.78 is 2.01. The van der Waals surface area contributed by atoms with E-state index in [9.17, 15) is 0 Å². The molecular formula is C10H13ClN4S2. The van der Waals surface area contributed by atoms with Crippen molar-refractivity contribution in [3.8, 4) is 10.7 Å². The molecule has 0 radical (unpaired) electrons. The average molecular weight is 289 g/mol. The van der Waals surface area contributed by atoms with Gasteiger partial charge in [-0.25, -0.2) is 4.98 Å². The lowest BCUT2D eigenvalue weighted by molar-refractivity contribution is 0.793. The summed E-state index contributed by atoms with van der Waals surface area (Å²) in [5.41, 5.74) is 2.84. The van der Waals surface area contributed by atoms with E-state index >= 15 is 0 Å². The molecule has 0 amide bonds. The maximum Gasteiger partial charge on any atom is 0.191 e. The summed E-state index contributed by atoms with van der Waals surface area (Å²) in [6.07, 6.45) is 0.980. The SMILES string of the molecule is Cc1ncsc1-c1nnc(SCCCCl)n1C. The fourth-order valence-electron chi connectivity index (χ4n) is 1.37. The molecule has 2 rings (SSSR count). The zero-order valence-corrected chi connectivity index (χ0v) is 12.1. The first-order chi connectivity index (χ1) is 8.24. The van der Waals surface area contributed by atoms with Crippen LogP contribution in [0.4, 0.5) is 0 Å². The van der Waals surface area contributed by atoms with Crippen LogP contribution in [-0.2, 0) is 7.05 Å². The number of alkyl halides is 1. The molecule has 7 heteroatoms. The van der Waals surface area contributed by atoms with Crippen molar-refractivity contribution in [2.24, 2.45) is 7.05 Å². The quantitative estimate of drug-likeness (QED) is 0.482. The Labute approximate surface area is 113 Å². The van der Waals surface area contributed by atoms with E-state index in [2.05, 4.69) is 15.2 Å². The van der Waals surface area contributed by atoms with Crippen molar-refractivity contribution < 1.29 is 0 Å². The molecule has 0 aromatic carbocycles. The predicted octanol–water partition coefficient (Wildman–Crippen LogP) is 2.97. The fraction of sp³-hybridized carbons (Fsp3) is 0.500. The Morgan fingerprint density at radius 2 is 2.29 bits per heavy atom. The summed E-state index contributed by atoms with van der Waals surface area (Å²) in [4.78, 5) is 5.32. The predicted molar refractivity (Wildman–Crippen MR) is 72.9 cm³/mol. The van der Waals surface area contributed by atoms with Crippen LogP contribution in [0.3, 0.4) is 0 Å². The van der Waals surface area contributed by atoms with Gasteiger partial charge in [0.25, 0.3) is 0 Å². The van der Waals surface area contributed by atoms with Crippen LogP contribution >= 0.6 is 34.7 Å². The lowest BCUT2D eigenvalue weighted by Crippen LogP contribution is -1.95. The van der Waals surface area contributed by atoms with Crippen LogP contribution in [0.15, 0.2) is 10.7 Å². The number of hydrogen-bond acceptors (Lipinski definition) is 5. The van der Waals surface area contributed by atoms with Crippen LogP contribution in [0, 0.1) is 6.92 Å². The third-order valence-corrected chi connectivity index (χ3v) is 4.59. The van der Waals surface area contributed by atoms with E-state index in [1.165, 1.54) is 0 Å². The standard InChI is InChI=1S/C10H13ClN4S2/c1-7-8(17-6-12-7)9-13-14-10(15(9)2)16-5-3-4-11/h6H,3-5H2,1-2H3. The van der Waals surface area contributed by atoms with Gasteiger partial charge in [-0.05, 0) is 13.3 Å². The van der Waals surface area contributed by atoms with Crippen molar-refractivity contribution in [2.75, 3.05) is 11.6 Å². The number of hydrogen-bond donors (Lipinski definition) is 0. The summed E-state index contributed by atoms with van der Waals surface area (Å²) in [5, 5.41) is 9.35. The fourth-order valence-corrected chi connectivity index (χ4v) is 3.34. The Hall–Kier alpha value is -0.590. The van der Waals surface area contributed by atoms with Crippen LogP contribution < -0.4 is 0 Å². The topological polar surface area (TPSA) is 43.6 Å². The van der Waals surface area contributed by atoms with Crippen molar-refractivity contribution >= 4 is 34.7 Å². The minimum absolute atomic E-state index is 0.686. The summed E-state index contributed by atoms with van der Waals surface area (Å²) in [6.45, 7) is 1.99. The molecule has 0 bridgehead atoms. The maximum atomic E-state index is 5.65. The number of thiazole rings is 1. The molecule has 0 saturated heterocycles. The van der Waals surface area contributed by atoms with E-state index in [-0.39, 0.29) is 0 Å². The maximum absolute atomic E-state index is 5.65. The first-order valence-corrected chi connectivity index (χ1v) is 7.62. The van der Waals surface area contributed by atoms with Gasteiger partial charge in [0.15, 0.2) is 11.0 Å². The lowest BCUT2D eigenvalue weighted by atomic mass is 10.4. The molecule has 0 aliphatic heterocycles. The minimum atomic E-state index is 0.686. The van der Waals surface area contributed by atoms with E-state index in [4.69, 9.17) is 11.6 Å². The summed E-state index contributed by atoms with van der Waals surface area (Å²) in [7, 11) is 1.98. The van der Waals surface area contributed by atoms with Crippen LogP contribution in [0.2, 0.25) is 0 Å². The molecule has 0 saturated carbocycles. The van der Waals surface area contributed by atoms with Crippen molar-refractivity contribution in [3.63, 3.8) is 0 Å². The lowest BCUT2D eigenvalue weighted by Gasteiger charge is -2.01. The number of aryl methyl sites for hydroxylation is 1. The van der Waals surface area contributed by atoms with Gasteiger partial charge in [0.05, 0.1) is 16.1 Å². The largest absolute Gasteiger partial charge is 0.304 e. The van der Waals surface area contributed by atoms with Gasteiger partial charge in [0.1, 0.15) is 0 Å². The molecule has 0 unspecified atom stereocenters. The Bertz CT molecular complexity index is 494. The highest BCUT2D eigenvalue weighted by molar-refractivity contribution is 7.99. The molecule has 0 aliphatic rings. The highest BCUT2D eigenvalue weighted by Gasteiger charge is 2.14. The third-order valence-electron chi connectivity index (χ3n) is 2.29. The molecule has 4 nitrogen and oxygen atoms in total. The average Bonchev–Trinajstić information content (AvgIpc) is 2.87. The van der Waals surface area contributed by atoms with Gasteiger partial charge >= 0.3 is 0 Å². The molecule has 0 N–H and O–H groups in total. The molecule has 2 aromatic rings. The summed E-state index contributed by atoms with van der Waals surface area (Å²) in [5.74, 6) is 2.54. The monoisotopic (exact) mass is 288 g/mol. The number of rotatable bonds is 5. The number of aromatic nitrogens is 4. The molecule has 0 spiro atoms. The summed E-state index contributed by atoms with van der Waals surface area (Å²) in [6, 6.07) is 0. The van der Waals surface area contributed by atoms with Crippen molar-refractivity contribution in [1.82, 2.24) is 19.7 Å². The second-order valence-corrected chi connectivity index (χ2v) is 5.82. The zero-order chi connectivity index (χ0) is 12.3. The smallest absolute Gasteiger partial charge is 0.191 e. The van der Waals surface area contributed by atoms with Gasteiger partial charge in [-0.1, -0.05) is 11.8 Å². The van der Waals surface area contributed by atoms with Crippen LogP contribution in [0.25, 0.3) is 10.7 Å². The molecule has 0 atom stereocenters. The molecule has 2 heterocycles. The van der Waals surface area contributed by atoms with Crippen molar-refractivity contribution in [1.29, 1.82) is 0 Å². The number of halogens is 1. The molecular weight excluding hydrogens is 276 g/mol. The Kier molecular flexibility index (Phi) is 4.42. The van der Waals surface area contributed by atoms with Gasteiger partial charge in [-0.2, -0.15) is 0 Å². The third kappa shape index (κ3) is 2.81. The van der Waals surface area contributed by atoms with E-state index < -0.39 is 0 Å². The normalized spacial score (nSPS) is 11.0. The highest BCUT2D eigenvalue weighted by atomic mass is 35.5. The molecule has 17 heavy (non-hydrogen) atoms. The second kappa shape index (κ2) is 5.84. The van der Waals surface area contributed by atoms with Gasteiger partial charge in [-0.3, -0.25) is 0 Å². The Morgan fingerprint density at radius 1 is 1.47 bits per heavy atom. The zero-order valence-electron chi connectivity index (χ0n) is 9.68. The highest BCUT2D eigenvalue weighted by Crippen LogP contribution is 2.28. The minimum Gasteiger partial charge on any atom is -0.304 e.